The van der Waals surface area contributed by atoms with Gasteiger partial charge in [0.1, 0.15) is 0 Å². The molecule has 28 heavy (non-hydrogen) atoms. The van der Waals surface area contributed by atoms with Crippen molar-refractivity contribution in [3.63, 3.8) is 0 Å². The van der Waals surface area contributed by atoms with Gasteiger partial charge in [-0.2, -0.15) is 0 Å². The first kappa shape index (κ1) is 22.2. The predicted molar refractivity (Wildman–Crippen MR) is 117 cm³/mol. The van der Waals surface area contributed by atoms with Gasteiger partial charge in [-0.3, -0.25) is 4.79 Å². The first-order valence-electron chi connectivity index (χ1n) is 12.8. The molecule has 0 atom stereocenters. The molecule has 3 aliphatic carbocycles. The zero-order valence-electron chi connectivity index (χ0n) is 18.9. The van der Waals surface area contributed by atoms with E-state index in [0.717, 1.165) is 24.7 Å². The van der Waals surface area contributed by atoms with Gasteiger partial charge in [0.05, 0.1) is 12.5 Å². The van der Waals surface area contributed by atoms with Crippen LogP contribution in [0, 0.1) is 22.7 Å². The Hall–Kier alpha value is -0.530. The van der Waals surface area contributed by atoms with Crippen LogP contribution in [0.4, 0.5) is 0 Å². The summed E-state index contributed by atoms with van der Waals surface area (Å²) in [6, 6.07) is 0. The van der Waals surface area contributed by atoms with Crippen molar-refractivity contribution >= 4 is 5.97 Å². The Morgan fingerprint density at radius 1 is 0.786 bits per heavy atom. The lowest BCUT2D eigenvalue weighted by atomic mass is 9.49. The average molecular weight is 391 g/mol. The second-order valence-electron chi connectivity index (χ2n) is 10.5. The largest absolute Gasteiger partial charge is 0.469 e. The molecule has 0 unspecified atom stereocenters. The van der Waals surface area contributed by atoms with E-state index in [1.54, 1.807) is 7.11 Å². The van der Waals surface area contributed by atoms with Crippen LogP contribution >= 0.6 is 0 Å². The van der Waals surface area contributed by atoms with Crippen molar-refractivity contribution in [2.75, 3.05) is 7.11 Å². The summed E-state index contributed by atoms with van der Waals surface area (Å²) >= 11 is 0. The molecular weight excluding hydrogens is 344 g/mol. The first-order chi connectivity index (χ1) is 13.7. The predicted octanol–water partition coefficient (Wildman–Crippen LogP) is 7.84. The van der Waals surface area contributed by atoms with E-state index in [1.165, 1.54) is 109 Å². The second-order valence-corrected chi connectivity index (χ2v) is 10.5. The van der Waals surface area contributed by atoms with Crippen LogP contribution in [0.1, 0.15) is 129 Å². The van der Waals surface area contributed by atoms with Crippen molar-refractivity contribution < 1.29 is 9.53 Å². The molecule has 0 N–H and O–H groups in total. The molecule has 2 nitrogen and oxygen atoms in total. The van der Waals surface area contributed by atoms with E-state index in [0.29, 0.717) is 0 Å². The highest BCUT2D eigenvalue weighted by Crippen LogP contribution is 2.61. The molecule has 0 saturated heterocycles. The van der Waals surface area contributed by atoms with Gasteiger partial charge in [0, 0.05) is 0 Å². The fraction of sp³-hybridized carbons (Fsp3) is 0.962. The van der Waals surface area contributed by atoms with E-state index in [2.05, 4.69) is 6.92 Å². The van der Waals surface area contributed by atoms with Crippen LogP contribution in [0.15, 0.2) is 0 Å². The minimum atomic E-state index is -0.177. The number of hydrogen-bond donors (Lipinski definition) is 0. The zero-order valence-corrected chi connectivity index (χ0v) is 18.9. The molecule has 3 aliphatic rings. The van der Waals surface area contributed by atoms with Crippen molar-refractivity contribution in [2.24, 2.45) is 22.7 Å². The Morgan fingerprint density at radius 2 is 1.39 bits per heavy atom. The van der Waals surface area contributed by atoms with E-state index in [4.69, 9.17) is 4.74 Å². The van der Waals surface area contributed by atoms with E-state index in [-0.39, 0.29) is 16.8 Å². The Bertz CT molecular complexity index is 463. The van der Waals surface area contributed by atoms with Gasteiger partial charge in [0.2, 0.25) is 0 Å². The van der Waals surface area contributed by atoms with Crippen molar-refractivity contribution in [1.82, 2.24) is 0 Å². The number of ether oxygens (including phenoxy) is 1. The number of carbonyl (C=O) groups is 1. The van der Waals surface area contributed by atoms with Crippen molar-refractivity contribution in [3.05, 3.63) is 0 Å². The molecule has 0 spiro atoms. The Kier molecular flexibility index (Phi) is 8.30. The quantitative estimate of drug-likeness (QED) is 0.312. The lowest BCUT2D eigenvalue weighted by molar-refractivity contribution is -0.172. The van der Waals surface area contributed by atoms with Crippen molar-refractivity contribution in [3.8, 4) is 0 Å². The van der Waals surface area contributed by atoms with Crippen LogP contribution in [-0.2, 0) is 9.53 Å². The Labute approximate surface area is 174 Å². The van der Waals surface area contributed by atoms with Gasteiger partial charge in [0.15, 0.2) is 0 Å². The molecule has 0 aromatic carbocycles. The van der Waals surface area contributed by atoms with Crippen molar-refractivity contribution in [1.29, 1.82) is 0 Å². The monoisotopic (exact) mass is 390 g/mol. The van der Waals surface area contributed by atoms with Gasteiger partial charge in [-0.05, 0) is 62.2 Å². The van der Waals surface area contributed by atoms with Crippen LogP contribution in [0.3, 0.4) is 0 Å². The number of esters is 1. The summed E-state index contributed by atoms with van der Waals surface area (Å²) in [7, 11) is 1.64. The molecule has 3 fully saturated rings. The fourth-order valence-corrected chi connectivity index (χ4v) is 7.43. The highest BCUT2D eigenvalue weighted by atomic mass is 16.5. The first-order valence-corrected chi connectivity index (χ1v) is 12.8. The van der Waals surface area contributed by atoms with E-state index >= 15 is 0 Å². The Balaban J connectivity index is 1.76. The molecule has 0 heterocycles. The summed E-state index contributed by atoms with van der Waals surface area (Å²) in [6.45, 7) is 2.29. The van der Waals surface area contributed by atoms with E-state index in [1.807, 2.05) is 0 Å². The molecule has 0 bridgehead atoms. The molecule has 3 rings (SSSR count). The maximum absolute atomic E-state index is 13.2. The summed E-state index contributed by atoms with van der Waals surface area (Å²) in [6.07, 6.45) is 25.1. The second kappa shape index (κ2) is 10.5. The van der Waals surface area contributed by atoms with Gasteiger partial charge < -0.3 is 4.74 Å². The van der Waals surface area contributed by atoms with Crippen LogP contribution in [0.5, 0.6) is 0 Å². The minimum absolute atomic E-state index is 0.138. The molecule has 162 valence electrons. The highest BCUT2D eigenvalue weighted by molar-refractivity contribution is 5.78. The fourth-order valence-electron chi connectivity index (χ4n) is 7.43. The van der Waals surface area contributed by atoms with Crippen LogP contribution < -0.4 is 0 Å². The molecule has 3 saturated carbocycles. The third kappa shape index (κ3) is 4.62. The summed E-state index contributed by atoms with van der Waals surface area (Å²) in [4.78, 5) is 13.2. The van der Waals surface area contributed by atoms with Gasteiger partial charge in [-0.15, -0.1) is 0 Å². The minimum Gasteiger partial charge on any atom is -0.469 e. The lowest BCUT2D eigenvalue weighted by Crippen LogP contribution is -2.51. The number of rotatable bonds is 8. The van der Waals surface area contributed by atoms with E-state index in [9.17, 15) is 4.79 Å². The zero-order chi connectivity index (χ0) is 19.9. The number of hydrogen-bond acceptors (Lipinski definition) is 2. The third-order valence-electron chi connectivity index (χ3n) is 9.11. The smallest absolute Gasteiger partial charge is 0.312 e. The van der Waals surface area contributed by atoms with Gasteiger partial charge in [-0.1, -0.05) is 84.0 Å². The van der Waals surface area contributed by atoms with E-state index < -0.39 is 0 Å². The number of methoxy groups -OCH3 is 1. The van der Waals surface area contributed by atoms with Crippen LogP contribution in [0.25, 0.3) is 0 Å². The molecule has 0 aliphatic heterocycles. The summed E-state index contributed by atoms with van der Waals surface area (Å²) in [5.74, 6) is 2.05. The maximum Gasteiger partial charge on any atom is 0.312 e. The molecule has 2 heteroatoms. The number of unbranched alkanes of at least 4 members (excludes halogenated alkanes) is 3. The highest BCUT2D eigenvalue weighted by Gasteiger charge is 2.57. The molecule has 0 amide bonds. The Morgan fingerprint density at radius 3 is 2.00 bits per heavy atom. The number of carbonyl (C=O) groups excluding carboxylic acids is 1. The van der Waals surface area contributed by atoms with Crippen LogP contribution in [-0.4, -0.2) is 13.1 Å². The van der Waals surface area contributed by atoms with Gasteiger partial charge in [0.25, 0.3) is 0 Å². The normalized spacial score (nSPS) is 31.4. The molecule has 0 aromatic heterocycles. The molecule has 0 aromatic rings. The summed E-state index contributed by atoms with van der Waals surface area (Å²) < 4.78 is 5.50. The summed E-state index contributed by atoms with van der Waals surface area (Å²) in [5, 5.41) is 0. The third-order valence-corrected chi connectivity index (χ3v) is 9.11. The SMILES string of the molecule is CCCCCC[C@]1(C2(C(=O)OC)CCCCC2)CC[C@@H](C2CCCCC2)CC1. The molecule has 0 radical (unpaired) electrons. The standard InChI is InChI=1S/C26H46O2/c1-3-4-5-10-17-25(26(24(27)28-2)18-11-7-12-19-26)20-15-23(16-21-25)22-13-8-6-9-14-22/h22-23H,3-21H2,1-2H3/t23-,25+. The van der Waals surface area contributed by atoms with Crippen LogP contribution in [0.2, 0.25) is 0 Å². The average Bonchev–Trinajstić information content (AvgIpc) is 2.77. The van der Waals surface area contributed by atoms with Gasteiger partial charge >= 0.3 is 5.97 Å². The molecular formula is C26H46O2. The summed E-state index contributed by atoms with van der Waals surface area (Å²) in [5.41, 5.74) is 0.0448. The maximum atomic E-state index is 13.2. The van der Waals surface area contributed by atoms with Gasteiger partial charge in [-0.25, -0.2) is 0 Å². The lowest BCUT2D eigenvalue weighted by Gasteiger charge is -2.55. The van der Waals surface area contributed by atoms with Crippen molar-refractivity contribution in [2.45, 2.75) is 129 Å². The topological polar surface area (TPSA) is 26.3 Å².